The molecule has 1 aromatic heterocycles. The van der Waals surface area contributed by atoms with Gasteiger partial charge < -0.3 is 9.47 Å². The Labute approximate surface area is 249 Å². The van der Waals surface area contributed by atoms with Crippen LogP contribution in [0.1, 0.15) is 24.0 Å². The third kappa shape index (κ3) is 8.17. The number of nitrogens with one attached hydrogen (secondary N) is 1. The van der Waals surface area contributed by atoms with Gasteiger partial charge in [0, 0.05) is 12.8 Å². The molecule has 1 amide bonds. The second-order valence-electron chi connectivity index (χ2n) is 8.75. The molecule has 0 atom stereocenters. The number of hydrogen-bond acceptors (Lipinski definition) is 6. The molecule has 0 spiro atoms. The second kappa shape index (κ2) is 13.6. The average Bonchev–Trinajstić information content (AvgIpc) is 3.45. The number of aryl methyl sites for hydroxylation is 2. The maximum Gasteiger partial charge on any atom is 0.273 e. The molecule has 0 unspecified atom stereocenters. The van der Waals surface area contributed by atoms with Crippen LogP contribution in [0.15, 0.2) is 91.3 Å². The van der Waals surface area contributed by atoms with Crippen molar-refractivity contribution < 1.29 is 22.7 Å². The van der Waals surface area contributed by atoms with Gasteiger partial charge in [-0.1, -0.05) is 42.5 Å². The Morgan fingerprint density at radius 2 is 1.67 bits per heavy atom. The summed E-state index contributed by atoms with van der Waals surface area (Å²) < 4.78 is 40.4. The maximum atomic E-state index is 12.4. The van der Waals surface area contributed by atoms with Crippen LogP contribution in [0.25, 0.3) is 11.1 Å². The number of benzene rings is 3. The standard InChI is InChI=1S/C29H27Br2NO5S2/c1-20-7-4-9-23(17-20)36-14-6-15-37-29-25(30)18-22(19-26(29)31)24-10-3-2-8-21(24)12-13-27(33)32-39(34,35)28-11-5-16-38-28/h2-5,7-11,16-19H,6,12-15H2,1H3,(H,32,33). The number of carbonyl (C=O) groups is 1. The highest BCUT2D eigenvalue weighted by molar-refractivity contribution is 9.11. The number of thiophene rings is 1. The molecule has 0 saturated heterocycles. The maximum absolute atomic E-state index is 12.4. The molecule has 0 aliphatic heterocycles. The summed E-state index contributed by atoms with van der Waals surface area (Å²) in [7, 11) is -3.84. The Morgan fingerprint density at radius 3 is 2.38 bits per heavy atom. The first-order valence-corrected chi connectivity index (χ1v) is 16.2. The monoisotopic (exact) mass is 691 g/mol. The minimum absolute atomic E-state index is 0.0375. The zero-order valence-corrected chi connectivity index (χ0v) is 26.0. The van der Waals surface area contributed by atoms with Crippen LogP contribution >= 0.6 is 43.2 Å². The first-order chi connectivity index (χ1) is 18.7. The molecule has 0 aliphatic carbocycles. The van der Waals surface area contributed by atoms with Gasteiger partial charge in [-0.25, -0.2) is 13.1 Å². The number of amides is 1. The van der Waals surface area contributed by atoms with Crippen LogP contribution in [0.2, 0.25) is 0 Å². The molecule has 4 aromatic rings. The van der Waals surface area contributed by atoms with E-state index in [0.717, 1.165) is 54.7 Å². The molecule has 0 bridgehead atoms. The summed E-state index contributed by atoms with van der Waals surface area (Å²) >= 11 is 8.33. The Morgan fingerprint density at radius 1 is 0.923 bits per heavy atom. The first kappa shape index (κ1) is 29.3. The number of halogens is 2. The summed E-state index contributed by atoms with van der Waals surface area (Å²) in [6, 6.07) is 22.8. The van der Waals surface area contributed by atoms with Gasteiger partial charge in [0.1, 0.15) is 15.7 Å². The zero-order chi connectivity index (χ0) is 27.8. The van der Waals surface area contributed by atoms with E-state index in [1.54, 1.807) is 11.4 Å². The van der Waals surface area contributed by atoms with Crippen molar-refractivity contribution in [2.24, 2.45) is 0 Å². The summed E-state index contributed by atoms with van der Waals surface area (Å²) in [4.78, 5) is 12.4. The molecule has 10 heteroatoms. The highest BCUT2D eigenvalue weighted by atomic mass is 79.9. The molecule has 0 fully saturated rings. The molecule has 0 radical (unpaired) electrons. The van der Waals surface area contributed by atoms with Crippen LogP contribution in [0.3, 0.4) is 0 Å². The Hall–Kier alpha value is -2.66. The van der Waals surface area contributed by atoms with Crippen LogP contribution in [0.5, 0.6) is 11.5 Å². The lowest BCUT2D eigenvalue weighted by Gasteiger charge is -2.15. The quantitative estimate of drug-likeness (QED) is 0.155. The lowest BCUT2D eigenvalue weighted by Crippen LogP contribution is -2.30. The molecule has 3 aromatic carbocycles. The van der Waals surface area contributed by atoms with Crippen molar-refractivity contribution in [2.45, 2.75) is 30.4 Å². The average molecular weight is 693 g/mol. The number of sulfonamides is 1. The number of hydrogen-bond donors (Lipinski definition) is 1. The van der Waals surface area contributed by atoms with Crippen molar-refractivity contribution in [2.75, 3.05) is 13.2 Å². The highest BCUT2D eigenvalue weighted by Crippen LogP contribution is 2.39. The summed E-state index contributed by atoms with van der Waals surface area (Å²) in [5.74, 6) is 1.00. The zero-order valence-electron chi connectivity index (χ0n) is 21.2. The van der Waals surface area contributed by atoms with E-state index < -0.39 is 15.9 Å². The number of carbonyl (C=O) groups excluding carboxylic acids is 1. The lowest BCUT2D eigenvalue weighted by molar-refractivity contribution is -0.119. The molecular weight excluding hydrogens is 666 g/mol. The van der Waals surface area contributed by atoms with Crippen molar-refractivity contribution in [3.05, 3.63) is 98.2 Å². The van der Waals surface area contributed by atoms with Crippen molar-refractivity contribution in [3.8, 4) is 22.6 Å². The van der Waals surface area contributed by atoms with E-state index in [2.05, 4.69) is 36.6 Å². The molecule has 1 heterocycles. The fraction of sp³-hybridized carbons (Fsp3) is 0.207. The van der Waals surface area contributed by atoms with Crippen molar-refractivity contribution >= 4 is 59.1 Å². The first-order valence-electron chi connectivity index (χ1n) is 12.2. The van der Waals surface area contributed by atoms with Crippen LogP contribution in [0.4, 0.5) is 0 Å². The van der Waals surface area contributed by atoms with Crippen LogP contribution in [-0.2, 0) is 21.2 Å². The highest BCUT2D eigenvalue weighted by Gasteiger charge is 2.19. The summed E-state index contributed by atoms with van der Waals surface area (Å²) in [5.41, 5.74) is 3.97. The predicted molar refractivity (Wildman–Crippen MR) is 162 cm³/mol. The molecule has 1 N–H and O–H groups in total. The second-order valence-corrected chi connectivity index (χ2v) is 13.3. The van der Waals surface area contributed by atoms with Gasteiger partial charge in [0.25, 0.3) is 10.0 Å². The summed E-state index contributed by atoms with van der Waals surface area (Å²) in [5, 5.41) is 1.66. The van der Waals surface area contributed by atoms with E-state index in [-0.39, 0.29) is 10.6 Å². The third-order valence-corrected chi connectivity index (χ3v) is 9.70. The smallest absolute Gasteiger partial charge is 0.273 e. The fourth-order valence-corrected chi connectivity index (χ4v) is 7.34. The molecule has 4 rings (SSSR count). The largest absolute Gasteiger partial charge is 0.493 e. The minimum Gasteiger partial charge on any atom is -0.493 e. The van der Waals surface area contributed by atoms with E-state index >= 15 is 0 Å². The van der Waals surface area contributed by atoms with Gasteiger partial charge in [-0.3, -0.25) is 4.79 Å². The molecule has 6 nitrogen and oxygen atoms in total. The Bertz CT molecular complexity index is 1520. The summed E-state index contributed by atoms with van der Waals surface area (Å²) in [6.07, 6.45) is 1.15. The molecule has 0 saturated carbocycles. The van der Waals surface area contributed by atoms with E-state index in [1.807, 2.05) is 67.6 Å². The fourth-order valence-electron chi connectivity index (χ4n) is 3.92. The third-order valence-electron chi connectivity index (χ3n) is 5.75. The van der Waals surface area contributed by atoms with Gasteiger partial charge in [0.05, 0.1) is 22.2 Å². The van der Waals surface area contributed by atoms with E-state index in [9.17, 15) is 13.2 Å². The normalized spacial score (nSPS) is 11.3. The van der Waals surface area contributed by atoms with Gasteiger partial charge in [-0.05, 0) is 103 Å². The van der Waals surface area contributed by atoms with Crippen LogP contribution in [0, 0.1) is 6.92 Å². The summed E-state index contributed by atoms with van der Waals surface area (Å²) in [6.45, 7) is 3.07. The topological polar surface area (TPSA) is 81.7 Å². The SMILES string of the molecule is Cc1cccc(OCCCOc2c(Br)cc(-c3ccccc3CCC(=O)NS(=O)(=O)c3cccs3)cc2Br)c1. The lowest BCUT2D eigenvalue weighted by atomic mass is 9.96. The Balaban J connectivity index is 1.36. The predicted octanol–water partition coefficient (Wildman–Crippen LogP) is 7.53. The molecule has 39 heavy (non-hydrogen) atoms. The van der Waals surface area contributed by atoms with Gasteiger partial charge in [-0.2, -0.15) is 0 Å². The van der Waals surface area contributed by atoms with Gasteiger partial charge >= 0.3 is 0 Å². The Kier molecular flexibility index (Phi) is 10.2. The van der Waals surface area contributed by atoms with Gasteiger partial charge in [0.2, 0.25) is 5.91 Å². The number of rotatable bonds is 12. The van der Waals surface area contributed by atoms with Crippen LogP contribution in [-0.4, -0.2) is 27.5 Å². The van der Waals surface area contributed by atoms with Gasteiger partial charge in [0.15, 0.2) is 0 Å². The minimum atomic E-state index is -3.84. The number of ether oxygens (including phenoxy) is 2. The molecule has 0 aliphatic rings. The van der Waals surface area contributed by atoms with Crippen LogP contribution < -0.4 is 14.2 Å². The van der Waals surface area contributed by atoms with E-state index in [0.29, 0.717) is 25.4 Å². The van der Waals surface area contributed by atoms with Crippen molar-refractivity contribution in [1.29, 1.82) is 0 Å². The molecule has 204 valence electrons. The van der Waals surface area contributed by atoms with E-state index in [4.69, 9.17) is 9.47 Å². The van der Waals surface area contributed by atoms with Crippen molar-refractivity contribution in [3.63, 3.8) is 0 Å². The van der Waals surface area contributed by atoms with E-state index in [1.165, 1.54) is 6.07 Å². The molecular formula is C29H27Br2NO5S2. The van der Waals surface area contributed by atoms with Crippen molar-refractivity contribution in [1.82, 2.24) is 4.72 Å². The van der Waals surface area contributed by atoms with Gasteiger partial charge in [-0.15, -0.1) is 11.3 Å².